The monoisotopic (exact) mass is 476 g/mol. The Morgan fingerprint density at radius 2 is 1.74 bits per heavy atom. The molecule has 2 bridgehead atoms. The van der Waals surface area contributed by atoms with Gasteiger partial charge in [0.05, 0.1) is 18.5 Å². The van der Waals surface area contributed by atoms with Crippen molar-refractivity contribution in [2.45, 2.75) is 69.8 Å². The lowest BCUT2D eigenvalue weighted by molar-refractivity contribution is -0.939. The molecule has 6 heteroatoms. The van der Waals surface area contributed by atoms with Crippen LogP contribution < -0.4 is 5.32 Å². The van der Waals surface area contributed by atoms with E-state index in [9.17, 15) is 9.59 Å². The van der Waals surface area contributed by atoms with Gasteiger partial charge in [0.2, 0.25) is 0 Å². The van der Waals surface area contributed by atoms with E-state index in [1.807, 2.05) is 37.3 Å². The molecule has 1 aromatic carbocycles. The number of nitrogens with one attached hydrogen (secondary N) is 1. The summed E-state index contributed by atoms with van der Waals surface area (Å²) >= 11 is 0. The van der Waals surface area contributed by atoms with Crippen LogP contribution in [-0.4, -0.2) is 53.6 Å². The highest BCUT2D eigenvalue weighted by molar-refractivity contribution is 5.90. The number of pyridine rings is 1. The summed E-state index contributed by atoms with van der Waals surface area (Å²) in [4.78, 5) is 31.1. The second-order valence-corrected chi connectivity index (χ2v) is 11.0. The number of benzene rings is 1. The number of nitrogens with zero attached hydrogens (tertiary/aromatic N) is 2. The first kappa shape index (κ1) is 24.0. The minimum absolute atomic E-state index is 0.0173. The van der Waals surface area contributed by atoms with Gasteiger partial charge in [-0.25, -0.2) is 4.98 Å². The second kappa shape index (κ2) is 10.1. The Hall–Kier alpha value is -2.73. The number of carbonyl (C=O) groups excluding carboxylic acids is 2. The van der Waals surface area contributed by atoms with E-state index in [1.54, 1.807) is 6.20 Å². The SMILES string of the molecule is Cc1ccc(NC(=O)C[N+]23CCC(CC2)[C@@H](OC(=O)C2(c4ccccc4)CCCCCC2)C3)nc1. The maximum Gasteiger partial charge on any atom is 0.317 e. The van der Waals surface area contributed by atoms with E-state index in [1.165, 1.54) is 12.8 Å². The zero-order valence-corrected chi connectivity index (χ0v) is 20.9. The van der Waals surface area contributed by atoms with Crippen LogP contribution in [0.15, 0.2) is 48.7 Å². The molecular formula is C29H38N3O3+. The lowest BCUT2D eigenvalue weighted by Crippen LogP contribution is -2.66. The number of anilines is 1. The van der Waals surface area contributed by atoms with Gasteiger partial charge in [0.15, 0.2) is 12.6 Å². The van der Waals surface area contributed by atoms with Crippen LogP contribution in [0, 0.1) is 12.8 Å². The molecule has 1 saturated carbocycles. The molecule has 0 spiro atoms. The Labute approximate surface area is 208 Å². The normalized spacial score (nSPS) is 27.6. The summed E-state index contributed by atoms with van der Waals surface area (Å²) in [5.74, 6) is 0.929. The van der Waals surface area contributed by atoms with Crippen molar-refractivity contribution in [1.29, 1.82) is 0 Å². The van der Waals surface area contributed by atoms with E-state index >= 15 is 0 Å². The molecule has 1 amide bonds. The van der Waals surface area contributed by atoms with E-state index < -0.39 is 5.41 Å². The maximum atomic E-state index is 13.9. The summed E-state index contributed by atoms with van der Waals surface area (Å²) in [7, 11) is 0. The van der Waals surface area contributed by atoms with Gasteiger partial charge in [-0.15, -0.1) is 0 Å². The number of quaternary nitrogens is 1. The molecule has 4 heterocycles. The molecule has 4 aliphatic rings. The van der Waals surface area contributed by atoms with Crippen LogP contribution in [0.1, 0.15) is 62.5 Å². The number of carbonyl (C=O) groups is 2. The standard InChI is InChI=1S/C29H37N3O3/c1-22-11-12-26(30-19-22)31-27(33)21-32-17-13-23(14-18-32)25(20-32)35-28(34)29(15-7-2-3-8-16-29)24-9-5-4-6-10-24/h4-6,9-12,19,23,25H,2-3,7-8,13-18,20-21H2,1H3/p+1/t23?,25-,32?/m0/s1. The number of aryl methyl sites for hydroxylation is 1. The van der Waals surface area contributed by atoms with Crippen LogP contribution in [-0.2, 0) is 19.7 Å². The fourth-order valence-electron chi connectivity index (χ4n) is 6.56. The molecule has 0 radical (unpaired) electrons. The summed E-state index contributed by atoms with van der Waals surface area (Å²) in [6.07, 6.45) is 9.87. The van der Waals surface area contributed by atoms with Crippen molar-refractivity contribution in [2.24, 2.45) is 5.92 Å². The fourth-order valence-corrected chi connectivity index (χ4v) is 6.56. The van der Waals surface area contributed by atoms with Crippen molar-refractivity contribution < 1.29 is 18.8 Å². The topological polar surface area (TPSA) is 68.3 Å². The number of esters is 1. The lowest BCUT2D eigenvalue weighted by Gasteiger charge is -2.52. The van der Waals surface area contributed by atoms with Crippen LogP contribution in [0.25, 0.3) is 0 Å². The van der Waals surface area contributed by atoms with Crippen molar-refractivity contribution in [2.75, 3.05) is 31.5 Å². The first-order chi connectivity index (χ1) is 17.0. The lowest BCUT2D eigenvalue weighted by atomic mass is 9.74. The van der Waals surface area contributed by atoms with Gasteiger partial charge < -0.3 is 14.5 Å². The number of aromatic nitrogens is 1. The zero-order chi connectivity index (χ0) is 24.3. The molecule has 35 heavy (non-hydrogen) atoms. The smallest absolute Gasteiger partial charge is 0.317 e. The number of rotatable bonds is 6. The minimum atomic E-state index is -0.539. The Morgan fingerprint density at radius 3 is 2.40 bits per heavy atom. The highest BCUT2D eigenvalue weighted by Crippen LogP contribution is 2.42. The molecule has 3 aliphatic heterocycles. The number of amides is 1. The predicted octanol–water partition coefficient (Wildman–Crippen LogP) is 4.77. The Bertz CT molecular complexity index is 1020. The van der Waals surface area contributed by atoms with Crippen molar-refractivity contribution in [3.8, 4) is 0 Å². The Morgan fingerprint density at radius 1 is 1.03 bits per heavy atom. The first-order valence-electron chi connectivity index (χ1n) is 13.3. The van der Waals surface area contributed by atoms with Crippen LogP contribution in [0.5, 0.6) is 0 Å². The average molecular weight is 477 g/mol. The van der Waals surface area contributed by atoms with Gasteiger partial charge in [-0.2, -0.15) is 0 Å². The average Bonchev–Trinajstić information content (AvgIpc) is 3.14. The van der Waals surface area contributed by atoms with E-state index in [0.717, 1.165) is 69.3 Å². The molecule has 186 valence electrons. The van der Waals surface area contributed by atoms with Gasteiger partial charge in [0.25, 0.3) is 5.91 Å². The third kappa shape index (κ3) is 5.13. The van der Waals surface area contributed by atoms with E-state index in [-0.39, 0.29) is 18.0 Å². The van der Waals surface area contributed by atoms with Gasteiger partial charge in [0.1, 0.15) is 12.4 Å². The summed E-state index contributed by atoms with van der Waals surface area (Å²) in [5, 5.41) is 2.96. The van der Waals surface area contributed by atoms with E-state index in [2.05, 4.69) is 22.4 Å². The summed E-state index contributed by atoms with van der Waals surface area (Å²) in [6.45, 7) is 5.05. The van der Waals surface area contributed by atoms with Crippen molar-refractivity contribution in [3.05, 3.63) is 59.8 Å². The molecule has 0 unspecified atom stereocenters. The van der Waals surface area contributed by atoms with Crippen LogP contribution >= 0.6 is 0 Å². The molecule has 4 fully saturated rings. The van der Waals surface area contributed by atoms with E-state index in [4.69, 9.17) is 4.74 Å². The summed E-state index contributed by atoms with van der Waals surface area (Å²) in [5.41, 5.74) is 1.62. The number of fused-ring (bicyclic) bond motifs is 3. The number of hydrogen-bond acceptors (Lipinski definition) is 4. The number of piperidine rings is 3. The quantitative estimate of drug-likeness (QED) is 0.370. The largest absolute Gasteiger partial charge is 0.455 e. The van der Waals surface area contributed by atoms with E-state index in [0.29, 0.717) is 22.8 Å². The third-order valence-corrected chi connectivity index (χ3v) is 8.63. The van der Waals surface area contributed by atoms with Crippen molar-refractivity contribution in [3.63, 3.8) is 0 Å². The molecule has 1 N–H and O–H groups in total. The molecule has 1 atom stereocenters. The Balaban J connectivity index is 1.29. The number of ether oxygens (including phenoxy) is 1. The van der Waals surface area contributed by atoms with Crippen LogP contribution in [0.3, 0.4) is 0 Å². The molecule has 6 nitrogen and oxygen atoms in total. The summed E-state index contributed by atoms with van der Waals surface area (Å²) in [6, 6.07) is 14.1. The number of hydrogen-bond donors (Lipinski definition) is 1. The van der Waals surface area contributed by atoms with Gasteiger partial charge >= 0.3 is 5.97 Å². The van der Waals surface area contributed by atoms with Gasteiger partial charge in [-0.3, -0.25) is 9.59 Å². The molecule has 6 rings (SSSR count). The van der Waals surface area contributed by atoms with Crippen molar-refractivity contribution >= 4 is 17.7 Å². The highest BCUT2D eigenvalue weighted by Gasteiger charge is 2.51. The maximum absolute atomic E-state index is 13.9. The molecule has 3 saturated heterocycles. The summed E-state index contributed by atoms with van der Waals surface area (Å²) < 4.78 is 7.12. The zero-order valence-electron chi connectivity index (χ0n) is 20.9. The highest BCUT2D eigenvalue weighted by atomic mass is 16.5. The predicted molar refractivity (Wildman–Crippen MR) is 136 cm³/mol. The molecular weight excluding hydrogens is 438 g/mol. The van der Waals surface area contributed by atoms with Gasteiger partial charge in [-0.1, -0.05) is 62.1 Å². The minimum Gasteiger partial charge on any atom is -0.455 e. The second-order valence-electron chi connectivity index (χ2n) is 11.0. The van der Waals surface area contributed by atoms with Crippen LogP contribution in [0.2, 0.25) is 0 Å². The Kier molecular flexibility index (Phi) is 6.92. The fraction of sp³-hybridized carbons (Fsp3) is 0.552. The van der Waals surface area contributed by atoms with Crippen molar-refractivity contribution in [1.82, 2.24) is 4.98 Å². The van der Waals surface area contributed by atoms with Gasteiger partial charge in [0, 0.05) is 25.0 Å². The molecule has 1 aliphatic carbocycles. The van der Waals surface area contributed by atoms with Crippen LogP contribution in [0.4, 0.5) is 5.82 Å². The van der Waals surface area contributed by atoms with Gasteiger partial charge in [-0.05, 0) is 37.0 Å². The molecule has 1 aromatic heterocycles. The third-order valence-electron chi connectivity index (χ3n) is 8.63. The first-order valence-corrected chi connectivity index (χ1v) is 13.3. The molecule has 2 aromatic rings.